The normalized spacial score (nSPS) is 17.3. The summed E-state index contributed by atoms with van der Waals surface area (Å²) in [5.74, 6) is 0.813. The first-order valence-corrected chi connectivity index (χ1v) is 11.4. The molecule has 0 heterocycles. The van der Waals surface area contributed by atoms with Gasteiger partial charge in [-0.2, -0.15) is 0 Å². The Balaban J connectivity index is 1.84. The van der Waals surface area contributed by atoms with Gasteiger partial charge < -0.3 is 29.3 Å². The van der Waals surface area contributed by atoms with E-state index < -0.39 is 6.29 Å². The molecule has 2 aromatic rings. The van der Waals surface area contributed by atoms with Gasteiger partial charge >= 0.3 is 0 Å². The molecule has 7 heteroatoms. The first-order chi connectivity index (χ1) is 15.5. The van der Waals surface area contributed by atoms with Crippen LogP contribution in [0.15, 0.2) is 59.9 Å². The summed E-state index contributed by atoms with van der Waals surface area (Å²) in [7, 11) is 1.61. The monoisotopic (exact) mass is 461 g/mol. The molecule has 2 N–H and O–H groups in total. The van der Waals surface area contributed by atoms with Crippen LogP contribution in [0.2, 0.25) is 5.02 Å². The van der Waals surface area contributed by atoms with Crippen LogP contribution in [0.5, 0.6) is 5.75 Å². The molecule has 0 radical (unpaired) electrons. The second-order valence-corrected chi connectivity index (χ2v) is 8.08. The van der Waals surface area contributed by atoms with Crippen LogP contribution >= 0.6 is 11.6 Å². The van der Waals surface area contributed by atoms with Crippen molar-refractivity contribution in [1.29, 1.82) is 0 Å². The van der Waals surface area contributed by atoms with E-state index in [9.17, 15) is 10.2 Å². The minimum Gasteiger partial charge on any atom is -0.510 e. The summed E-state index contributed by atoms with van der Waals surface area (Å²) in [4.78, 5) is 2.03. The number of ether oxygens (including phenoxy) is 3. The predicted molar refractivity (Wildman–Crippen MR) is 126 cm³/mol. The molecule has 6 nitrogen and oxygen atoms in total. The third-order valence-electron chi connectivity index (χ3n) is 5.62. The molecule has 174 valence electrons. The van der Waals surface area contributed by atoms with Gasteiger partial charge in [0.25, 0.3) is 0 Å². The molecule has 32 heavy (non-hydrogen) atoms. The summed E-state index contributed by atoms with van der Waals surface area (Å²) >= 11 is 6.56. The maximum absolute atomic E-state index is 11.1. The van der Waals surface area contributed by atoms with E-state index in [4.69, 9.17) is 25.8 Å². The molecule has 0 saturated carbocycles. The Hall–Kier alpha value is -2.25. The van der Waals surface area contributed by atoms with Gasteiger partial charge in [-0.25, -0.2) is 0 Å². The standard InChI is InChI=1S/C25H32ClNO5/c1-3-32-25(29)20-10-7-11-22(24(20)28)27(23-16-19(30-2)12-13-21(23)26)14-15-31-17-18-8-5-4-6-9-18/h4-6,8-9,12-13,16,22,25,28-29H,3,7,10-11,14-15,17H2,1-2H3. The maximum Gasteiger partial charge on any atom is 0.180 e. The minimum absolute atomic E-state index is 0.138. The number of benzene rings is 2. The quantitative estimate of drug-likeness (QED) is 0.358. The predicted octanol–water partition coefficient (Wildman–Crippen LogP) is 5.09. The van der Waals surface area contributed by atoms with Crippen LogP contribution in [0.25, 0.3) is 0 Å². The number of aliphatic hydroxyl groups is 2. The average molecular weight is 462 g/mol. The second-order valence-electron chi connectivity index (χ2n) is 7.68. The summed E-state index contributed by atoms with van der Waals surface area (Å²) in [6.45, 7) is 3.62. The highest BCUT2D eigenvalue weighted by molar-refractivity contribution is 6.33. The van der Waals surface area contributed by atoms with E-state index >= 15 is 0 Å². The lowest BCUT2D eigenvalue weighted by Crippen LogP contribution is -2.42. The van der Waals surface area contributed by atoms with E-state index in [1.165, 1.54) is 0 Å². The van der Waals surface area contributed by atoms with E-state index in [0.29, 0.717) is 49.1 Å². The zero-order valence-electron chi connectivity index (χ0n) is 18.7. The average Bonchev–Trinajstić information content (AvgIpc) is 2.81. The Morgan fingerprint density at radius 1 is 1.19 bits per heavy atom. The van der Waals surface area contributed by atoms with Crippen molar-refractivity contribution in [3.05, 3.63) is 70.4 Å². The molecule has 0 aliphatic heterocycles. The lowest BCUT2D eigenvalue weighted by molar-refractivity contribution is -0.0726. The van der Waals surface area contributed by atoms with Gasteiger partial charge in [-0.05, 0) is 43.9 Å². The molecule has 3 rings (SSSR count). The molecule has 0 saturated heterocycles. The zero-order chi connectivity index (χ0) is 22.9. The Labute approximate surface area is 195 Å². The number of rotatable bonds is 11. The SMILES string of the molecule is CCOC(O)C1=C(O)C(N(CCOCc2ccccc2)c2cc(OC)ccc2Cl)CCC1. The highest BCUT2D eigenvalue weighted by Gasteiger charge is 2.32. The molecule has 0 spiro atoms. The molecular formula is C25H32ClNO5. The summed E-state index contributed by atoms with van der Waals surface area (Å²) in [5.41, 5.74) is 2.37. The largest absolute Gasteiger partial charge is 0.510 e. The van der Waals surface area contributed by atoms with Crippen molar-refractivity contribution in [3.63, 3.8) is 0 Å². The van der Waals surface area contributed by atoms with E-state index in [1.54, 1.807) is 19.2 Å². The van der Waals surface area contributed by atoms with Crippen LogP contribution in [0.3, 0.4) is 0 Å². The second kappa shape index (κ2) is 12.1. The Bertz CT molecular complexity index is 889. The first-order valence-electron chi connectivity index (χ1n) is 11.0. The fraction of sp³-hybridized carbons (Fsp3) is 0.440. The highest BCUT2D eigenvalue weighted by Crippen LogP contribution is 2.37. The van der Waals surface area contributed by atoms with Crippen molar-refractivity contribution in [3.8, 4) is 5.75 Å². The van der Waals surface area contributed by atoms with Crippen molar-refractivity contribution in [1.82, 2.24) is 0 Å². The van der Waals surface area contributed by atoms with Crippen LogP contribution in [0.1, 0.15) is 31.7 Å². The lowest BCUT2D eigenvalue weighted by Gasteiger charge is -2.37. The molecular weight excluding hydrogens is 430 g/mol. The van der Waals surface area contributed by atoms with Gasteiger partial charge in [-0.15, -0.1) is 0 Å². The van der Waals surface area contributed by atoms with Gasteiger partial charge in [0.1, 0.15) is 11.5 Å². The summed E-state index contributed by atoms with van der Waals surface area (Å²) in [6, 6.07) is 15.1. The van der Waals surface area contributed by atoms with Crippen molar-refractivity contribution >= 4 is 17.3 Å². The fourth-order valence-corrected chi connectivity index (χ4v) is 4.21. The van der Waals surface area contributed by atoms with Crippen molar-refractivity contribution in [2.45, 2.75) is 45.1 Å². The number of aliphatic hydroxyl groups excluding tert-OH is 2. The van der Waals surface area contributed by atoms with Crippen molar-refractivity contribution < 1.29 is 24.4 Å². The van der Waals surface area contributed by atoms with Crippen LogP contribution < -0.4 is 9.64 Å². The van der Waals surface area contributed by atoms with E-state index in [0.717, 1.165) is 24.1 Å². The van der Waals surface area contributed by atoms with Crippen molar-refractivity contribution in [2.75, 3.05) is 31.8 Å². The van der Waals surface area contributed by atoms with E-state index in [1.807, 2.05) is 48.2 Å². The molecule has 0 fully saturated rings. The number of hydrogen-bond acceptors (Lipinski definition) is 6. The Kier molecular flexibility index (Phi) is 9.23. The lowest BCUT2D eigenvalue weighted by atomic mass is 9.91. The fourth-order valence-electron chi connectivity index (χ4n) is 3.99. The number of hydrogen-bond donors (Lipinski definition) is 2. The smallest absolute Gasteiger partial charge is 0.180 e. The molecule has 1 aliphatic rings. The number of anilines is 1. The number of halogens is 1. The van der Waals surface area contributed by atoms with Crippen LogP contribution in [0.4, 0.5) is 5.69 Å². The van der Waals surface area contributed by atoms with E-state index in [2.05, 4.69) is 0 Å². The maximum atomic E-state index is 11.1. The molecule has 0 bridgehead atoms. The third-order valence-corrected chi connectivity index (χ3v) is 5.94. The molecule has 0 aromatic heterocycles. The van der Waals surface area contributed by atoms with Crippen LogP contribution in [-0.2, 0) is 16.1 Å². The Morgan fingerprint density at radius 2 is 1.97 bits per heavy atom. The van der Waals surface area contributed by atoms with Gasteiger partial charge in [0.2, 0.25) is 0 Å². The zero-order valence-corrected chi connectivity index (χ0v) is 19.4. The molecule has 0 amide bonds. The van der Waals surface area contributed by atoms with Gasteiger partial charge in [0.15, 0.2) is 6.29 Å². The van der Waals surface area contributed by atoms with Crippen molar-refractivity contribution in [2.24, 2.45) is 0 Å². The molecule has 2 atom stereocenters. The summed E-state index contributed by atoms with van der Waals surface area (Å²) in [6.07, 6.45) is 1.02. The topological polar surface area (TPSA) is 71.4 Å². The third kappa shape index (κ3) is 6.17. The Morgan fingerprint density at radius 3 is 2.69 bits per heavy atom. The number of methoxy groups -OCH3 is 1. The number of nitrogens with zero attached hydrogens (tertiary/aromatic N) is 1. The minimum atomic E-state index is -1.11. The molecule has 2 unspecified atom stereocenters. The van der Waals surface area contributed by atoms with Crippen LogP contribution in [-0.4, -0.2) is 49.4 Å². The highest BCUT2D eigenvalue weighted by atomic mass is 35.5. The van der Waals surface area contributed by atoms with Crippen LogP contribution in [0, 0.1) is 0 Å². The molecule has 1 aliphatic carbocycles. The van der Waals surface area contributed by atoms with Gasteiger partial charge in [0.05, 0.1) is 37.1 Å². The van der Waals surface area contributed by atoms with Gasteiger partial charge in [0, 0.05) is 24.8 Å². The summed E-state index contributed by atoms with van der Waals surface area (Å²) < 4.78 is 16.7. The first kappa shape index (κ1) is 24.4. The van der Waals surface area contributed by atoms with Gasteiger partial charge in [-0.1, -0.05) is 41.9 Å². The van der Waals surface area contributed by atoms with E-state index in [-0.39, 0.29) is 11.8 Å². The van der Waals surface area contributed by atoms with Gasteiger partial charge in [-0.3, -0.25) is 0 Å². The molecule has 2 aromatic carbocycles. The summed E-state index contributed by atoms with van der Waals surface area (Å²) in [5, 5.41) is 22.0.